The van der Waals surface area contributed by atoms with Gasteiger partial charge in [0.1, 0.15) is 11.0 Å². The molecule has 0 aliphatic rings. The molecular weight excluding hydrogens is 315 g/mol. The van der Waals surface area contributed by atoms with E-state index in [-0.39, 0.29) is 24.6 Å². The minimum absolute atomic E-state index is 0. The molecule has 4 aromatic rings. The van der Waals surface area contributed by atoms with E-state index in [1.54, 1.807) is 12.1 Å². The molecule has 2 aromatic carbocycles. The molecule has 0 bridgehead atoms. The molecule has 0 spiro atoms. The van der Waals surface area contributed by atoms with Gasteiger partial charge in [-0.15, -0.1) is 5.75 Å². The van der Waals surface area contributed by atoms with Gasteiger partial charge in [-0.3, -0.25) is 0 Å². The molecule has 0 fully saturated rings. The van der Waals surface area contributed by atoms with Crippen molar-refractivity contribution in [2.75, 3.05) is 0 Å². The van der Waals surface area contributed by atoms with E-state index in [2.05, 4.69) is 6.07 Å². The van der Waals surface area contributed by atoms with Crippen molar-refractivity contribution in [3.8, 4) is 11.6 Å². The summed E-state index contributed by atoms with van der Waals surface area (Å²) in [5.41, 5.74) is 4.59. The number of pyridine rings is 1. The Hall–Kier alpha value is -2.21. The van der Waals surface area contributed by atoms with Crippen molar-refractivity contribution in [3.63, 3.8) is 0 Å². The van der Waals surface area contributed by atoms with E-state index in [4.69, 9.17) is 4.11 Å². The van der Waals surface area contributed by atoms with Crippen LogP contribution >= 0.6 is 0 Å². The standard InChI is InChI=1S/C22H22N2O.Li/c1-13-6-8-19-18(10-13)17-7-9-20(25)16(4)22(17)24(19)21-11-14(2)15(3)12-23(21)5;/h6-12H,1-5H3;/q;+1/i2D3;. The Bertz CT molecular complexity index is 1260. The molecule has 0 radical (unpaired) electrons. The molecule has 126 valence electrons. The van der Waals surface area contributed by atoms with E-state index in [0.717, 1.165) is 27.4 Å². The van der Waals surface area contributed by atoms with E-state index in [0.29, 0.717) is 22.5 Å². The first-order valence-electron chi connectivity index (χ1n) is 9.82. The van der Waals surface area contributed by atoms with Gasteiger partial charge in [0.2, 0.25) is 0 Å². The molecule has 2 aromatic heterocycles. The van der Waals surface area contributed by atoms with Crippen molar-refractivity contribution in [3.05, 3.63) is 64.8 Å². The minimum Gasteiger partial charge on any atom is -0.872 e. The molecule has 3 nitrogen and oxygen atoms in total. The van der Waals surface area contributed by atoms with E-state index < -0.39 is 6.85 Å². The van der Waals surface area contributed by atoms with Crippen molar-refractivity contribution >= 4 is 21.8 Å². The fourth-order valence-corrected chi connectivity index (χ4v) is 3.60. The van der Waals surface area contributed by atoms with Gasteiger partial charge in [-0.2, -0.15) is 4.57 Å². The van der Waals surface area contributed by atoms with Crippen molar-refractivity contribution in [2.45, 2.75) is 27.6 Å². The number of aromatic nitrogens is 2. The third-order valence-corrected chi connectivity index (χ3v) is 4.96. The van der Waals surface area contributed by atoms with Crippen LogP contribution in [-0.4, -0.2) is 4.57 Å². The predicted octanol–water partition coefficient (Wildman–Crippen LogP) is 0.919. The van der Waals surface area contributed by atoms with Gasteiger partial charge >= 0.3 is 18.9 Å². The zero-order valence-electron chi connectivity index (χ0n) is 18.8. The number of fused-ring (bicyclic) bond motifs is 3. The third-order valence-electron chi connectivity index (χ3n) is 4.96. The smallest absolute Gasteiger partial charge is 0.872 e. The number of benzene rings is 2. The van der Waals surface area contributed by atoms with Gasteiger partial charge in [0.05, 0.1) is 13.2 Å². The SMILES string of the molecule is [2H]C([2H])([2H])c1cc(-n2c3ccc(C)cc3c3ccc([O-])c(C)c32)[n+](C)cc1C.[Li+]. The van der Waals surface area contributed by atoms with Crippen molar-refractivity contribution in [2.24, 2.45) is 7.05 Å². The third kappa shape index (κ3) is 2.63. The molecule has 4 heteroatoms. The molecule has 2 heterocycles. The Morgan fingerprint density at radius 1 is 1.00 bits per heavy atom. The summed E-state index contributed by atoms with van der Waals surface area (Å²) in [5, 5.41) is 14.5. The van der Waals surface area contributed by atoms with Gasteiger partial charge < -0.3 is 5.11 Å². The fourth-order valence-electron chi connectivity index (χ4n) is 3.60. The molecule has 26 heavy (non-hydrogen) atoms. The number of nitrogens with zero attached hydrogens (tertiary/aromatic N) is 2. The van der Waals surface area contributed by atoms with Crippen LogP contribution in [0.15, 0.2) is 42.6 Å². The first kappa shape index (κ1) is 14.9. The normalized spacial score (nSPS) is 13.3. The van der Waals surface area contributed by atoms with E-state index >= 15 is 0 Å². The Balaban J connectivity index is 0.00000240. The van der Waals surface area contributed by atoms with Crippen LogP contribution in [0.5, 0.6) is 5.75 Å². The van der Waals surface area contributed by atoms with Gasteiger partial charge in [0, 0.05) is 21.0 Å². The maximum atomic E-state index is 12.4. The minimum atomic E-state index is -2.21. The van der Waals surface area contributed by atoms with E-state index in [1.165, 1.54) is 0 Å². The molecule has 0 atom stereocenters. The van der Waals surface area contributed by atoms with Gasteiger partial charge in [-0.25, -0.2) is 4.57 Å². The van der Waals surface area contributed by atoms with Gasteiger partial charge in [0.15, 0.2) is 0 Å². The second kappa shape index (κ2) is 6.50. The van der Waals surface area contributed by atoms with Gasteiger partial charge in [0.25, 0.3) is 5.82 Å². The Labute approximate surface area is 170 Å². The quantitative estimate of drug-likeness (QED) is 0.375. The summed E-state index contributed by atoms with van der Waals surface area (Å²) in [4.78, 5) is 0. The summed E-state index contributed by atoms with van der Waals surface area (Å²) in [6.45, 7) is 3.46. The molecule has 0 saturated heterocycles. The largest absolute Gasteiger partial charge is 1.00 e. The zero-order chi connectivity index (χ0) is 20.4. The molecule has 0 aliphatic heterocycles. The monoisotopic (exact) mass is 340 g/mol. The Morgan fingerprint density at radius 3 is 2.50 bits per heavy atom. The number of aryl methyl sites for hydroxylation is 5. The second-order valence-electron chi connectivity index (χ2n) is 6.78. The number of hydrogen-bond donors (Lipinski definition) is 0. The zero-order valence-corrected chi connectivity index (χ0v) is 15.8. The second-order valence-corrected chi connectivity index (χ2v) is 6.78. The molecule has 0 N–H and O–H groups in total. The Morgan fingerprint density at radius 2 is 1.77 bits per heavy atom. The molecule has 0 saturated carbocycles. The first-order valence-corrected chi connectivity index (χ1v) is 8.32. The van der Waals surface area contributed by atoms with Gasteiger partial charge in [-0.05, 0) is 56.4 Å². The first-order chi connectivity index (χ1) is 13.1. The van der Waals surface area contributed by atoms with Crippen LogP contribution in [0.1, 0.15) is 26.4 Å². The summed E-state index contributed by atoms with van der Waals surface area (Å²) in [5.74, 6) is 0.688. The topological polar surface area (TPSA) is 31.9 Å². The predicted molar refractivity (Wildman–Crippen MR) is 100 cm³/mol. The van der Waals surface area contributed by atoms with Crippen LogP contribution in [0.25, 0.3) is 27.6 Å². The molecular formula is C22H22LiN2O+. The maximum Gasteiger partial charge on any atom is 1.00 e. The van der Waals surface area contributed by atoms with Crippen LogP contribution in [0.3, 0.4) is 0 Å². The molecule has 4 rings (SSSR count). The molecule has 0 unspecified atom stereocenters. The van der Waals surface area contributed by atoms with Crippen molar-refractivity contribution in [1.82, 2.24) is 4.57 Å². The summed E-state index contributed by atoms with van der Waals surface area (Å²) in [7, 11) is 1.90. The fraction of sp³-hybridized carbons (Fsp3) is 0.227. The van der Waals surface area contributed by atoms with Gasteiger partial charge in [-0.1, -0.05) is 23.8 Å². The van der Waals surface area contributed by atoms with Crippen LogP contribution in [0.4, 0.5) is 0 Å². The van der Waals surface area contributed by atoms with Crippen LogP contribution in [0, 0.1) is 27.6 Å². The Kier molecular flexibility index (Phi) is 3.73. The summed E-state index contributed by atoms with van der Waals surface area (Å²) < 4.78 is 27.6. The number of rotatable bonds is 1. The molecule has 0 aliphatic carbocycles. The van der Waals surface area contributed by atoms with E-state index in [9.17, 15) is 5.11 Å². The average molecular weight is 340 g/mol. The van der Waals surface area contributed by atoms with Crippen molar-refractivity contribution < 1.29 is 32.6 Å². The summed E-state index contributed by atoms with van der Waals surface area (Å²) >= 11 is 0. The number of hydrogen-bond acceptors (Lipinski definition) is 1. The van der Waals surface area contributed by atoms with Crippen LogP contribution in [-0.2, 0) is 7.05 Å². The summed E-state index contributed by atoms with van der Waals surface area (Å²) in [6, 6.07) is 11.4. The average Bonchev–Trinajstić information content (AvgIpc) is 2.91. The maximum absolute atomic E-state index is 12.4. The van der Waals surface area contributed by atoms with E-state index in [1.807, 2.05) is 61.3 Å². The summed E-state index contributed by atoms with van der Waals surface area (Å²) in [6.07, 6.45) is 1.83. The van der Waals surface area contributed by atoms with Crippen LogP contribution < -0.4 is 28.5 Å². The van der Waals surface area contributed by atoms with Crippen molar-refractivity contribution in [1.29, 1.82) is 0 Å². The molecule has 0 amide bonds. The van der Waals surface area contributed by atoms with Crippen LogP contribution in [0.2, 0.25) is 0 Å².